The molecule has 0 bridgehead atoms. The van der Waals surface area contributed by atoms with E-state index in [1.807, 2.05) is 35.7 Å². The quantitative estimate of drug-likeness (QED) is 0.311. The van der Waals surface area contributed by atoms with Gasteiger partial charge in [-0.15, -0.1) is 17.9 Å². The number of anilines is 1. The number of thiazole rings is 1. The van der Waals surface area contributed by atoms with Gasteiger partial charge in [0.15, 0.2) is 10.9 Å². The van der Waals surface area contributed by atoms with Gasteiger partial charge in [-0.3, -0.25) is 9.69 Å². The van der Waals surface area contributed by atoms with Crippen LogP contribution in [-0.4, -0.2) is 27.6 Å². The van der Waals surface area contributed by atoms with Gasteiger partial charge in [-0.2, -0.15) is 0 Å². The molecule has 0 spiro atoms. The fraction of sp³-hybridized carbons (Fsp3) is 0.0833. The number of benzene rings is 1. The number of carbonyl (C=O) groups is 1. The summed E-state index contributed by atoms with van der Waals surface area (Å²) >= 11 is 1.40. The van der Waals surface area contributed by atoms with Gasteiger partial charge < -0.3 is 8.94 Å². The van der Waals surface area contributed by atoms with E-state index in [4.69, 9.17) is 13.9 Å². The number of pyridine rings is 1. The van der Waals surface area contributed by atoms with Gasteiger partial charge in [-0.1, -0.05) is 41.6 Å². The number of aromatic nitrogens is 3. The maximum atomic E-state index is 13.8. The predicted molar refractivity (Wildman–Crippen MR) is 124 cm³/mol. The summed E-state index contributed by atoms with van der Waals surface area (Å²) in [6.07, 6.45) is 3.23. The molecule has 0 N–H and O–H groups in total. The molecule has 5 rings (SSSR count). The highest BCUT2D eigenvalue weighted by Gasteiger charge is 2.26. The Morgan fingerprint density at radius 1 is 1.16 bits per heavy atom. The number of amides is 1. The second-order valence-electron chi connectivity index (χ2n) is 7.07. The van der Waals surface area contributed by atoms with Crippen LogP contribution in [0.1, 0.15) is 16.1 Å². The van der Waals surface area contributed by atoms with Gasteiger partial charge in [-0.25, -0.2) is 9.97 Å². The van der Waals surface area contributed by atoms with E-state index in [-0.39, 0.29) is 11.6 Å². The van der Waals surface area contributed by atoms with E-state index >= 15 is 0 Å². The Balaban J connectivity index is 1.60. The highest BCUT2D eigenvalue weighted by molar-refractivity contribution is 7.14. The lowest BCUT2D eigenvalue weighted by molar-refractivity contribution is 0.0991. The molecule has 8 heteroatoms. The molecule has 5 aromatic rings. The largest absolute Gasteiger partial charge is 0.463 e. The van der Waals surface area contributed by atoms with Gasteiger partial charge >= 0.3 is 0 Å². The lowest BCUT2D eigenvalue weighted by Gasteiger charge is -2.18. The number of hydrogen-bond donors (Lipinski definition) is 0. The van der Waals surface area contributed by atoms with Crippen LogP contribution in [0.5, 0.6) is 0 Å². The first kappa shape index (κ1) is 19.9. The summed E-state index contributed by atoms with van der Waals surface area (Å²) in [7, 11) is 0. The van der Waals surface area contributed by atoms with Gasteiger partial charge in [-0.05, 0) is 25.1 Å². The van der Waals surface area contributed by atoms with Crippen LogP contribution in [0, 0.1) is 6.92 Å². The fourth-order valence-corrected chi connectivity index (χ4v) is 4.31. The third-order valence-corrected chi connectivity index (χ3v) is 5.83. The third kappa shape index (κ3) is 3.50. The van der Waals surface area contributed by atoms with Gasteiger partial charge in [0, 0.05) is 17.5 Å². The Kier molecular flexibility index (Phi) is 5.12. The highest BCUT2D eigenvalue weighted by Crippen LogP contribution is 2.32. The van der Waals surface area contributed by atoms with Gasteiger partial charge in [0.05, 0.1) is 28.6 Å². The first-order chi connectivity index (χ1) is 15.7. The monoisotopic (exact) mass is 442 g/mol. The number of hydrogen-bond acceptors (Lipinski definition) is 7. The Morgan fingerprint density at radius 3 is 2.75 bits per heavy atom. The summed E-state index contributed by atoms with van der Waals surface area (Å²) in [4.78, 5) is 24.6. The van der Waals surface area contributed by atoms with E-state index in [9.17, 15) is 4.79 Å². The number of fused-ring (bicyclic) bond motifs is 1. The topological polar surface area (TPSA) is 85.3 Å². The zero-order valence-corrected chi connectivity index (χ0v) is 18.0. The molecule has 0 atom stereocenters. The normalized spacial score (nSPS) is 11.0. The summed E-state index contributed by atoms with van der Waals surface area (Å²) in [5.74, 6) is 0.288. The molecule has 158 valence electrons. The molecule has 0 radical (unpaired) electrons. The molecule has 0 saturated carbocycles. The van der Waals surface area contributed by atoms with Crippen LogP contribution in [0.25, 0.3) is 33.8 Å². The van der Waals surface area contributed by atoms with E-state index in [1.54, 1.807) is 42.4 Å². The number of furan rings is 1. The number of aryl methyl sites for hydroxylation is 1. The number of rotatable bonds is 6. The van der Waals surface area contributed by atoms with Crippen molar-refractivity contribution in [3.8, 4) is 22.7 Å². The lowest BCUT2D eigenvalue weighted by atomic mass is 10.1. The second-order valence-corrected chi connectivity index (χ2v) is 7.90. The van der Waals surface area contributed by atoms with E-state index in [0.717, 1.165) is 11.3 Å². The Morgan fingerprint density at radius 2 is 2.00 bits per heavy atom. The molecule has 32 heavy (non-hydrogen) atoms. The van der Waals surface area contributed by atoms with Crippen LogP contribution in [0.2, 0.25) is 0 Å². The first-order valence-corrected chi connectivity index (χ1v) is 10.8. The lowest BCUT2D eigenvalue weighted by Crippen LogP contribution is -2.31. The Labute approximate surface area is 187 Å². The van der Waals surface area contributed by atoms with Crippen molar-refractivity contribution in [1.29, 1.82) is 0 Å². The third-order valence-electron chi connectivity index (χ3n) is 4.97. The number of nitrogens with zero attached hydrogens (tertiary/aromatic N) is 4. The van der Waals surface area contributed by atoms with Crippen LogP contribution in [-0.2, 0) is 0 Å². The minimum atomic E-state index is -0.245. The minimum absolute atomic E-state index is 0.245. The summed E-state index contributed by atoms with van der Waals surface area (Å²) in [5.41, 5.74) is 3.57. The minimum Gasteiger partial charge on any atom is -0.463 e. The fourth-order valence-electron chi connectivity index (χ4n) is 3.47. The Bertz CT molecular complexity index is 1400. The zero-order valence-electron chi connectivity index (χ0n) is 17.2. The van der Waals surface area contributed by atoms with E-state index in [2.05, 4.69) is 16.7 Å². The molecule has 1 amide bonds. The average molecular weight is 443 g/mol. The van der Waals surface area contributed by atoms with Crippen LogP contribution in [0.3, 0.4) is 0 Å². The molecule has 4 heterocycles. The van der Waals surface area contributed by atoms with Crippen molar-refractivity contribution in [1.82, 2.24) is 15.1 Å². The molecule has 0 unspecified atom stereocenters. The Hall–Kier alpha value is -4.04. The molecule has 0 aliphatic carbocycles. The van der Waals surface area contributed by atoms with Crippen molar-refractivity contribution in [2.45, 2.75) is 6.92 Å². The standard InChI is InChI=1S/C24H18N4O3S/c1-3-11-28(24-26-19(14-32-24)16-8-5-4-6-9-16)23(29)17-13-18(20-10-7-12-30-20)25-22-21(17)15(2)27-31-22/h3-10,12-14H,1,11H2,2H3. The second kappa shape index (κ2) is 8.24. The van der Waals surface area contributed by atoms with Crippen molar-refractivity contribution in [2.75, 3.05) is 11.4 Å². The maximum Gasteiger partial charge on any atom is 0.261 e. The van der Waals surface area contributed by atoms with Gasteiger partial charge in [0.25, 0.3) is 11.6 Å². The first-order valence-electron chi connectivity index (χ1n) is 9.90. The smallest absolute Gasteiger partial charge is 0.261 e. The summed E-state index contributed by atoms with van der Waals surface area (Å²) in [6, 6.07) is 15.1. The van der Waals surface area contributed by atoms with E-state index < -0.39 is 0 Å². The van der Waals surface area contributed by atoms with Crippen LogP contribution in [0.15, 0.2) is 81.8 Å². The molecular formula is C24H18N4O3S. The van der Waals surface area contributed by atoms with Gasteiger partial charge in [0.1, 0.15) is 5.69 Å². The van der Waals surface area contributed by atoms with Crippen molar-refractivity contribution in [3.63, 3.8) is 0 Å². The van der Waals surface area contributed by atoms with E-state index in [0.29, 0.717) is 39.8 Å². The molecule has 0 fully saturated rings. The van der Waals surface area contributed by atoms with Crippen molar-refractivity contribution in [2.24, 2.45) is 0 Å². The highest BCUT2D eigenvalue weighted by atomic mass is 32.1. The van der Waals surface area contributed by atoms with Crippen LogP contribution in [0.4, 0.5) is 5.13 Å². The molecule has 0 saturated heterocycles. The zero-order chi connectivity index (χ0) is 22.1. The van der Waals surface area contributed by atoms with Gasteiger partial charge in [0.2, 0.25) is 0 Å². The molecule has 7 nitrogen and oxygen atoms in total. The average Bonchev–Trinajstić information content (AvgIpc) is 3.59. The van der Waals surface area contributed by atoms with Crippen molar-refractivity contribution >= 4 is 33.5 Å². The summed E-state index contributed by atoms with van der Waals surface area (Å²) in [6.45, 7) is 5.90. The molecule has 4 aromatic heterocycles. The summed E-state index contributed by atoms with van der Waals surface area (Å²) < 4.78 is 10.9. The van der Waals surface area contributed by atoms with E-state index in [1.165, 1.54) is 11.3 Å². The molecule has 1 aromatic carbocycles. The van der Waals surface area contributed by atoms with Crippen LogP contribution < -0.4 is 4.90 Å². The molecule has 0 aliphatic heterocycles. The van der Waals surface area contributed by atoms with Crippen molar-refractivity contribution < 1.29 is 13.7 Å². The summed E-state index contributed by atoms with van der Waals surface area (Å²) in [5, 5.41) is 7.10. The SMILES string of the molecule is C=CCN(C(=O)c1cc(-c2ccco2)nc2onc(C)c12)c1nc(-c2ccccc2)cs1. The van der Waals surface area contributed by atoms with Crippen molar-refractivity contribution in [3.05, 3.63) is 84.1 Å². The maximum absolute atomic E-state index is 13.8. The predicted octanol–water partition coefficient (Wildman–Crippen LogP) is 5.75. The molecular weight excluding hydrogens is 424 g/mol. The molecule has 0 aliphatic rings. The van der Waals surface area contributed by atoms with Crippen LogP contribution >= 0.6 is 11.3 Å². The number of carbonyl (C=O) groups excluding carboxylic acids is 1.